The molecular weight excluding hydrogens is 466 g/mol. The van der Waals surface area contributed by atoms with E-state index < -0.39 is 23.5 Å². The van der Waals surface area contributed by atoms with Gasteiger partial charge in [0.25, 0.3) is 0 Å². The van der Waals surface area contributed by atoms with Crippen molar-refractivity contribution in [3.63, 3.8) is 0 Å². The lowest BCUT2D eigenvalue weighted by Crippen LogP contribution is -2.42. The highest BCUT2D eigenvalue weighted by Gasteiger charge is 2.21. The summed E-state index contributed by atoms with van der Waals surface area (Å²) in [5.41, 5.74) is 3.86. The van der Waals surface area contributed by atoms with Gasteiger partial charge in [0.2, 0.25) is 5.91 Å². The van der Waals surface area contributed by atoms with Gasteiger partial charge >= 0.3 is 11.6 Å². The second-order valence-corrected chi connectivity index (χ2v) is 9.61. The van der Waals surface area contributed by atoms with Crippen LogP contribution in [-0.2, 0) is 21.8 Å². The van der Waals surface area contributed by atoms with Crippen LogP contribution in [0.2, 0.25) is 0 Å². The van der Waals surface area contributed by atoms with Crippen molar-refractivity contribution in [1.82, 2.24) is 5.32 Å². The molecule has 2 aromatic heterocycles. The highest BCUT2D eigenvalue weighted by Crippen LogP contribution is 2.31. The van der Waals surface area contributed by atoms with E-state index in [2.05, 4.69) is 5.32 Å². The monoisotopic (exact) mass is 493 g/mol. The molecule has 0 unspecified atom stereocenters. The van der Waals surface area contributed by atoms with Crippen LogP contribution in [-0.4, -0.2) is 28.8 Å². The number of fused-ring (bicyclic) bond motifs is 2. The number of hydrogen-bond acceptors (Lipinski definition) is 6. The van der Waals surface area contributed by atoms with E-state index in [1.807, 2.05) is 57.2 Å². The Labute approximate surface area is 206 Å². The maximum atomic E-state index is 12.7. The van der Waals surface area contributed by atoms with Crippen molar-refractivity contribution in [3.8, 4) is 0 Å². The number of nitrogens with one attached hydrogen (secondary N) is 1. The molecule has 182 valence electrons. The van der Waals surface area contributed by atoms with E-state index in [4.69, 9.17) is 8.83 Å². The van der Waals surface area contributed by atoms with Crippen molar-refractivity contribution >= 4 is 45.6 Å². The summed E-state index contributed by atoms with van der Waals surface area (Å²) in [6, 6.07) is 12.4. The van der Waals surface area contributed by atoms with Gasteiger partial charge in [0.05, 0.1) is 0 Å². The second kappa shape index (κ2) is 10.4. The number of carbonyl (C=O) groups is 2. The largest absolute Gasteiger partial charge is 0.480 e. The van der Waals surface area contributed by atoms with Crippen LogP contribution in [0.4, 0.5) is 0 Å². The van der Waals surface area contributed by atoms with Crippen molar-refractivity contribution in [1.29, 1.82) is 0 Å². The Morgan fingerprint density at radius 3 is 2.40 bits per heavy atom. The highest BCUT2D eigenvalue weighted by molar-refractivity contribution is 7.98. The number of thioether (sulfide) groups is 1. The second-order valence-electron chi connectivity index (χ2n) is 8.58. The lowest BCUT2D eigenvalue weighted by atomic mass is 10.0. The predicted molar refractivity (Wildman–Crippen MR) is 137 cm³/mol. The Balaban J connectivity index is 1.44. The molecule has 8 heteroatoms. The topological polar surface area (TPSA) is 110 Å². The molecule has 0 aliphatic heterocycles. The first-order valence-corrected chi connectivity index (χ1v) is 12.5. The molecule has 2 aromatic carbocycles. The van der Waals surface area contributed by atoms with Gasteiger partial charge in [-0.1, -0.05) is 30.3 Å². The zero-order valence-corrected chi connectivity index (χ0v) is 20.7. The number of aryl methyl sites for hydroxylation is 3. The minimum Gasteiger partial charge on any atom is -0.480 e. The van der Waals surface area contributed by atoms with Crippen LogP contribution in [0, 0.1) is 20.8 Å². The van der Waals surface area contributed by atoms with Gasteiger partial charge in [0, 0.05) is 40.3 Å². The van der Waals surface area contributed by atoms with Crippen molar-refractivity contribution < 1.29 is 23.5 Å². The Bertz CT molecular complexity index is 1450. The van der Waals surface area contributed by atoms with E-state index in [0.717, 1.165) is 33.2 Å². The van der Waals surface area contributed by atoms with Crippen molar-refractivity contribution in [2.45, 2.75) is 45.4 Å². The minimum absolute atomic E-state index is 0.0175. The van der Waals surface area contributed by atoms with Gasteiger partial charge in [-0.05, 0) is 49.9 Å². The number of carboxylic acids is 1. The van der Waals surface area contributed by atoms with E-state index in [0.29, 0.717) is 22.5 Å². The van der Waals surface area contributed by atoms with Gasteiger partial charge in [0.1, 0.15) is 23.0 Å². The lowest BCUT2D eigenvalue weighted by Gasteiger charge is -2.14. The maximum absolute atomic E-state index is 12.7. The molecule has 0 radical (unpaired) electrons. The third-order valence-electron chi connectivity index (χ3n) is 6.21. The fraction of sp³-hybridized carbons (Fsp3) is 0.296. The third-order valence-corrected chi connectivity index (χ3v) is 7.32. The maximum Gasteiger partial charge on any atom is 0.339 e. The number of amides is 1. The summed E-state index contributed by atoms with van der Waals surface area (Å²) >= 11 is 1.44. The molecule has 4 aromatic rings. The van der Waals surface area contributed by atoms with Crippen molar-refractivity contribution in [2.75, 3.05) is 5.75 Å². The van der Waals surface area contributed by atoms with Crippen molar-refractivity contribution in [3.05, 3.63) is 80.9 Å². The highest BCUT2D eigenvalue weighted by atomic mass is 32.2. The summed E-state index contributed by atoms with van der Waals surface area (Å²) in [6.07, 6.45) is 0.136. The summed E-state index contributed by atoms with van der Waals surface area (Å²) in [7, 11) is 0. The molecule has 1 atom stereocenters. The number of rotatable bonds is 9. The molecule has 4 rings (SSSR count). The SMILES string of the molecule is Cc1oc2cc3oc(=O)c(CCC(=O)N[C@@H](CSCc4ccccc4)C(=O)O)c(C)c3cc2c1C. The van der Waals surface area contributed by atoms with Crippen LogP contribution < -0.4 is 10.9 Å². The summed E-state index contributed by atoms with van der Waals surface area (Å²) in [6.45, 7) is 5.70. The van der Waals surface area contributed by atoms with Gasteiger partial charge < -0.3 is 19.3 Å². The first kappa shape index (κ1) is 24.6. The fourth-order valence-electron chi connectivity index (χ4n) is 4.06. The Hall–Kier alpha value is -3.52. The normalized spacial score (nSPS) is 12.2. The lowest BCUT2D eigenvalue weighted by molar-refractivity contribution is -0.141. The quantitative estimate of drug-likeness (QED) is 0.319. The summed E-state index contributed by atoms with van der Waals surface area (Å²) in [5, 5.41) is 13.8. The van der Waals surface area contributed by atoms with E-state index in [9.17, 15) is 19.5 Å². The van der Waals surface area contributed by atoms with Crippen LogP contribution >= 0.6 is 11.8 Å². The first-order chi connectivity index (χ1) is 16.7. The molecule has 7 nitrogen and oxygen atoms in total. The summed E-state index contributed by atoms with van der Waals surface area (Å²) < 4.78 is 11.3. The molecule has 35 heavy (non-hydrogen) atoms. The van der Waals surface area contributed by atoms with Crippen LogP contribution in [0.5, 0.6) is 0 Å². The molecule has 2 N–H and O–H groups in total. The van der Waals surface area contributed by atoms with E-state index in [1.54, 1.807) is 6.07 Å². The van der Waals surface area contributed by atoms with Crippen LogP contribution in [0.3, 0.4) is 0 Å². The smallest absolute Gasteiger partial charge is 0.339 e. The molecule has 1 amide bonds. The molecule has 2 heterocycles. The summed E-state index contributed by atoms with van der Waals surface area (Å²) in [4.78, 5) is 36.8. The standard InChI is InChI=1S/C27H27NO6S/c1-15-17(3)33-23-12-24-21(11-20(15)23)16(2)19(27(32)34-24)9-10-25(29)28-22(26(30)31)14-35-13-18-7-5-4-6-8-18/h4-8,11-12,22H,9-10,13-14H2,1-3H3,(H,28,29)(H,30,31)/t22-/m0/s1. The van der Waals surface area contributed by atoms with Gasteiger partial charge in [0.15, 0.2) is 0 Å². The molecule has 0 spiro atoms. The van der Waals surface area contributed by atoms with Gasteiger partial charge in [-0.25, -0.2) is 9.59 Å². The van der Waals surface area contributed by atoms with Crippen LogP contribution in [0.1, 0.15) is 34.4 Å². The Morgan fingerprint density at radius 1 is 1.00 bits per heavy atom. The van der Waals surface area contributed by atoms with Gasteiger partial charge in [-0.15, -0.1) is 0 Å². The minimum atomic E-state index is -1.09. The van der Waals surface area contributed by atoms with E-state index in [-0.39, 0.29) is 18.6 Å². The fourth-order valence-corrected chi connectivity index (χ4v) is 5.07. The molecular formula is C27H27NO6S. The molecule has 0 aliphatic carbocycles. The average Bonchev–Trinajstić information content (AvgIpc) is 3.10. The number of benzene rings is 2. The number of hydrogen-bond donors (Lipinski definition) is 2. The van der Waals surface area contributed by atoms with Gasteiger partial charge in [-0.3, -0.25) is 4.79 Å². The first-order valence-electron chi connectivity index (χ1n) is 11.3. The third kappa shape index (κ3) is 5.43. The van der Waals surface area contributed by atoms with Crippen LogP contribution in [0.15, 0.2) is 56.1 Å². The summed E-state index contributed by atoms with van der Waals surface area (Å²) in [5.74, 6) is 0.193. The molecule has 0 saturated heterocycles. The van der Waals surface area contributed by atoms with Crippen LogP contribution in [0.25, 0.3) is 21.9 Å². The van der Waals surface area contributed by atoms with Crippen molar-refractivity contribution in [2.24, 2.45) is 0 Å². The molecule has 0 aliphatic rings. The van der Waals surface area contributed by atoms with Gasteiger partial charge in [-0.2, -0.15) is 11.8 Å². The zero-order chi connectivity index (χ0) is 25.1. The molecule has 0 fully saturated rings. The van der Waals surface area contributed by atoms with E-state index in [1.165, 1.54) is 11.8 Å². The number of furan rings is 1. The number of carbonyl (C=O) groups excluding carboxylic acids is 1. The number of aliphatic carboxylic acids is 1. The molecule has 0 bridgehead atoms. The van der Waals surface area contributed by atoms with E-state index >= 15 is 0 Å². The molecule has 0 saturated carbocycles. The zero-order valence-electron chi connectivity index (χ0n) is 19.8. The predicted octanol–water partition coefficient (Wildman–Crippen LogP) is 4.90. The Morgan fingerprint density at radius 2 is 1.69 bits per heavy atom. The Kier molecular flexibility index (Phi) is 7.31. The average molecular weight is 494 g/mol. The number of carboxylic acid groups (broad SMARTS) is 1.